The van der Waals surface area contributed by atoms with E-state index in [2.05, 4.69) is 41.5 Å². The van der Waals surface area contributed by atoms with Gasteiger partial charge in [0.15, 0.2) is 0 Å². The first-order chi connectivity index (χ1) is 16.5. The van der Waals surface area contributed by atoms with E-state index in [1.807, 2.05) is 47.4 Å². The van der Waals surface area contributed by atoms with Crippen molar-refractivity contribution < 1.29 is 9.59 Å². The summed E-state index contributed by atoms with van der Waals surface area (Å²) in [6, 6.07) is 22.1. The van der Waals surface area contributed by atoms with Gasteiger partial charge in [0.05, 0.1) is 0 Å². The monoisotopic (exact) mass is 453 g/mol. The number of pyridine rings is 1. The summed E-state index contributed by atoms with van der Waals surface area (Å²) in [5.74, 6) is 0.320. The van der Waals surface area contributed by atoms with Crippen molar-refractivity contribution in [3.05, 3.63) is 89.7 Å². The zero-order valence-electron chi connectivity index (χ0n) is 19.7. The van der Waals surface area contributed by atoms with E-state index in [-0.39, 0.29) is 23.1 Å². The molecular formula is C29H31N3O2. The van der Waals surface area contributed by atoms with E-state index in [0.717, 1.165) is 48.1 Å². The zero-order chi connectivity index (χ0) is 23.5. The van der Waals surface area contributed by atoms with Gasteiger partial charge in [0.25, 0.3) is 5.91 Å². The summed E-state index contributed by atoms with van der Waals surface area (Å²) in [5.41, 5.74) is 5.20. The van der Waals surface area contributed by atoms with Crippen LogP contribution in [0.4, 0.5) is 0 Å². The summed E-state index contributed by atoms with van der Waals surface area (Å²) in [5, 5.41) is 3.09. The Labute approximate surface area is 201 Å². The second-order valence-electron chi connectivity index (χ2n) is 9.72. The number of amides is 2. The van der Waals surface area contributed by atoms with E-state index in [1.165, 1.54) is 5.56 Å². The normalized spacial score (nSPS) is 18.5. The fourth-order valence-electron chi connectivity index (χ4n) is 5.25. The van der Waals surface area contributed by atoms with E-state index in [4.69, 9.17) is 0 Å². The van der Waals surface area contributed by atoms with Gasteiger partial charge in [-0.1, -0.05) is 48.0 Å². The number of rotatable bonds is 6. The lowest BCUT2D eigenvalue weighted by molar-refractivity contribution is -0.123. The number of carbonyl (C=O) groups excluding carboxylic acids is 2. The number of nitrogens with zero attached hydrogens (tertiary/aromatic N) is 2. The van der Waals surface area contributed by atoms with Gasteiger partial charge >= 0.3 is 0 Å². The molecule has 0 radical (unpaired) electrons. The molecule has 1 N–H and O–H groups in total. The van der Waals surface area contributed by atoms with Crippen LogP contribution in [0.3, 0.4) is 0 Å². The molecule has 2 fully saturated rings. The van der Waals surface area contributed by atoms with E-state index >= 15 is 0 Å². The number of piperidine rings is 1. The first-order valence-electron chi connectivity index (χ1n) is 12.2. The summed E-state index contributed by atoms with van der Waals surface area (Å²) in [6.07, 6.45) is 5.26. The highest BCUT2D eigenvalue weighted by molar-refractivity contribution is 5.95. The third-order valence-electron chi connectivity index (χ3n) is 7.42. The van der Waals surface area contributed by atoms with Crippen molar-refractivity contribution in [2.24, 2.45) is 11.3 Å². The number of nitrogens with one attached hydrogen (secondary N) is 1. The van der Waals surface area contributed by atoms with Gasteiger partial charge in [0.2, 0.25) is 5.91 Å². The van der Waals surface area contributed by atoms with Crippen LogP contribution in [0, 0.1) is 18.3 Å². The van der Waals surface area contributed by atoms with Crippen LogP contribution in [0.25, 0.3) is 11.1 Å². The van der Waals surface area contributed by atoms with Gasteiger partial charge in [-0.3, -0.25) is 14.6 Å². The smallest absolute Gasteiger partial charge is 0.253 e. The van der Waals surface area contributed by atoms with E-state index < -0.39 is 0 Å². The minimum Gasteiger partial charge on any atom is -0.355 e. The Balaban J connectivity index is 1.14. The van der Waals surface area contributed by atoms with Crippen LogP contribution in [-0.4, -0.2) is 41.3 Å². The van der Waals surface area contributed by atoms with E-state index in [1.54, 1.807) is 6.20 Å². The molecule has 1 aromatic heterocycles. The molecule has 1 spiro atoms. The maximum atomic E-state index is 13.2. The maximum absolute atomic E-state index is 13.2. The van der Waals surface area contributed by atoms with Crippen molar-refractivity contribution in [3.63, 3.8) is 0 Å². The molecule has 3 aromatic rings. The molecule has 5 heteroatoms. The molecule has 5 nitrogen and oxygen atoms in total. The number of carbonyl (C=O) groups is 2. The minimum absolute atomic E-state index is 0.0786. The van der Waals surface area contributed by atoms with Crippen LogP contribution in [0.2, 0.25) is 0 Å². The lowest BCUT2D eigenvalue weighted by atomic mass is 9.90. The predicted molar refractivity (Wildman–Crippen MR) is 133 cm³/mol. The molecular weight excluding hydrogens is 422 g/mol. The second kappa shape index (κ2) is 9.41. The van der Waals surface area contributed by atoms with Crippen molar-refractivity contribution >= 4 is 11.8 Å². The Morgan fingerprint density at radius 2 is 1.76 bits per heavy atom. The number of aryl methyl sites for hydroxylation is 1. The Kier molecular flexibility index (Phi) is 6.18. The molecule has 1 aliphatic carbocycles. The van der Waals surface area contributed by atoms with Crippen LogP contribution in [0.15, 0.2) is 72.9 Å². The molecule has 1 saturated carbocycles. The van der Waals surface area contributed by atoms with Crippen molar-refractivity contribution in [2.45, 2.75) is 32.6 Å². The topological polar surface area (TPSA) is 62.3 Å². The van der Waals surface area contributed by atoms with Crippen LogP contribution in [-0.2, 0) is 11.2 Å². The molecule has 174 valence electrons. The number of likely N-dealkylation sites (tertiary alicyclic amines) is 1. The fourth-order valence-corrected chi connectivity index (χ4v) is 5.25. The number of hydrogen-bond donors (Lipinski definition) is 1. The molecule has 2 heterocycles. The largest absolute Gasteiger partial charge is 0.355 e. The summed E-state index contributed by atoms with van der Waals surface area (Å²) in [7, 11) is 0. The zero-order valence-corrected chi connectivity index (χ0v) is 19.7. The van der Waals surface area contributed by atoms with Crippen LogP contribution >= 0.6 is 0 Å². The Morgan fingerprint density at radius 3 is 2.50 bits per heavy atom. The Bertz CT molecular complexity index is 1180. The number of aromatic nitrogens is 1. The number of benzene rings is 2. The highest BCUT2D eigenvalue weighted by atomic mass is 16.2. The lowest BCUT2D eigenvalue weighted by Gasteiger charge is -2.33. The number of hydrogen-bond acceptors (Lipinski definition) is 3. The van der Waals surface area contributed by atoms with E-state index in [9.17, 15) is 9.59 Å². The highest BCUT2D eigenvalue weighted by Crippen LogP contribution is 2.59. The van der Waals surface area contributed by atoms with E-state index in [0.29, 0.717) is 19.6 Å². The average molecular weight is 454 g/mol. The fraction of sp³-hybridized carbons (Fsp3) is 0.345. The third kappa shape index (κ3) is 4.74. The van der Waals surface area contributed by atoms with Crippen molar-refractivity contribution in [2.75, 3.05) is 19.6 Å². The first kappa shape index (κ1) is 22.3. The summed E-state index contributed by atoms with van der Waals surface area (Å²) in [4.78, 5) is 32.2. The maximum Gasteiger partial charge on any atom is 0.253 e. The third-order valence-corrected chi connectivity index (χ3v) is 7.42. The predicted octanol–water partition coefficient (Wildman–Crippen LogP) is 4.66. The molecule has 2 aliphatic rings. The summed E-state index contributed by atoms with van der Waals surface area (Å²) < 4.78 is 0. The van der Waals surface area contributed by atoms with Gasteiger partial charge in [0.1, 0.15) is 0 Å². The molecule has 1 atom stereocenters. The molecule has 5 rings (SSSR count). The van der Waals surface area contributed by atoms with Gasteiger partial charge in [-0.05, 0) is 67.0 Å². The van der Waals surface area contributed by atoms with Crippen molar-refractivity contribution in [1.82, 2.24) is 15.2 Å². The molecule has 1 saturated heterocycles. The summed E-state index contributed by atoms with van der Waals surface area (Å²) in [6.45, 7) is 4.12. The van der Waals surface area contributed by atoms with Gasteiger partial charge in [0, 0.05) is 49.4 Å². The SMILES string of the molecule is Cc1cccc(-c2cccc(C(=O)N3CCC4(CC3)C[C@@H]4C(=O)NCCc3ccccn3)c2)c1. The molecule has 2 aromatic carbocycles. The Hall–Kier alpha value is -3.47. The van der Waals surface area contributed by atoms with Crippen molar-refractivity contribution in [3.8, 4) is 11.1 Å². The highest BCUT2D eigenvalue weighted by Gasteiger charge is 2.58. The molecule has 0 bridgehead atoms. The van der Waals surface area contributed by atoms with Gasteiger partial charge < -0.3 is 10.2 Å². The van der Waals surface area contributed by atoms with Crippen LogP contribution in [0.1, 0.15) is 40.9 Å². The first-order valence-corrected chi connectivity index (χ1v) is 12.2. The van der Waals surface area contributed by atoms with Gasteiger partial charge in [-0.15, -0.1) is 0 Å². The average Bonchev–Trinajstić information content (AvgIpc) is 3.58. The Morgan fingerprint density at radius 1 is 1.00 bits per heavy atom. The lowest BCUT2D eigenvalue weighted by Crippen LogP contribution is -2.40. The van der Waals surface area contributed by atoms with Crippen LogP contribution in [0.5, 0.6) is 0 Å². The minimum atomic E-state index is 0.0786. The second-order valence-corrected chi connectivity index (χ2v) is 9.72. The standard InChI is InChI=1S/C29H31N3O2/c1-21-6-4-7-22(18-21)23-8-5-9-24(19-23)28(34)32-16-12-29(13-17-32)20-26(29)27(33)31-15-11-25-10-2-3-14-30-25/h2-10,14,18-19,26H,11-13,15-17,20H2,1H3,(H,31,33)/t26-/m1/s1. The molecule has 2 amide bonds. The quantitative estimate of drug-likeness (QED) is 0.591. The summed E-state index contributed by atoms with van der Waals surface area (Å²) >= 11 is 0. The van der Waals surface area contributed by atoms with Gasteiger partial charge in [-0.2, -0.15) is 0 Å². The van der Waals surface area contributed by atoms with Gasteiger partial charge in [-0.25, -0.2) is 0 Å². The van der Waals surface area contributed by atoms with Crippen molar-refractivity contribution in [1.29, 1.82) is 0 Å². The van der Waals surface area contributed by atoms with Crippen LogP contribution < -0.4 is 5.32 Å². The molecule has 1 aliphatic heterocycles. The molecule has 0 unspecified atom stereocenters. The molecule has 34 heavy (non-hydrogen) atoms.